The van der Waals surface area contributed by atoms with Crippen LogP contribution in [-0.2, 0) is 4.32 Å². The molecule has 0 spiro atoms. The summed E-state index contributed by atoms with van der Waals surface area (Å²) in [7, 11) is 0. The lowest BCUT2D eigenvalue weighted by atomic mass is 9.81. The molecule has 1 aliphatic carbocycles. The van der Waals surface area contributed by atoms with Gasteiger partial charge in [-0.2, -0.15) is 30.7 Å². The van der Waals surface area contributed by atoms with Gasteiger partial charge in [0.25, 0.3) is 0 Å². The summed E-state index contributed by atoms with van der Waals surface area (Å²) in [6.45, 7) is 0. The van der Waals surface area contributed by atoms with Crippen molar-refractivity contribution in [1.29, 1.82) is 0 Å². The van der Waals surface area contributed by atoms with Crippen LogP contribution in [0.2, 0.25) is 0 Å². The maximum atomic E-state index is 14.7. The highest BCUT2D eigenvalue weighted by Crippen LogP contribution is 2.60. The Balaban J connectivity index is 2.33. The number of thioether (sulfide) groups is 1. The highest BCUT2D eigenvalue weighted by Gasteiger charge is 2.73. The van der Waals surface area contributed by atoms with Crippen LogP contribution in [-0.4, -0.2) is 17.4 Å². The topological polar surface area (TPSA) is 0 Å². The molecule has 0 amide bonds. The summed E-state index contributed by atoms with van der Waals surface area (Å²) in [6, 6.07) is 9.59. The molecule has 1 unspecified atom stereocenters. The second-order valence-corrected chi connectivity index (χ2v) is 10.1. The Labute approximate surface area is 203 Å². The van der Waals surface area contributed by atoms with E-state index in [4.69, 9.17) is 0 Å². The van der Waals surface area contributed by atoms with E-state index < -0.39 is 61.1 Å². The summed E-state index contributed by atoms with van der Waals surface area (Å²) in [4.78, 5) is -0.830. The minimum atomic E-state index is -6.55. The smallest absolute Gasteiger partial charge is 0.207 e. The Hall–Kier alpha value is -1.40. The van der Waals surface area contributed by atoms with Gasteiger partial charge < -0.3 is 0 Å². The van der Waals surface area contributed by atoms with Crippen molar-refractivity contribution in [3.63, 3.8) is 0 Å². The molecule has 2 aromatic carbocycles. The average Bonchev–Trinajstić information content (AvgIpc) is 2.67. The van der Waals surface area contributed by atoms with E-state index >= 15 is 0 Å². The maximum absolute atomic E-state index is 14.7. The van der Waals surface area contributed by atoms with Crippen molar-refractivity contribution in [3.05, 3.63) is 93.2 Å². The van der Waals surface area contributed by atoms with Gasteiger partial charge in [-0.05, 0) is 35.5 Å². The highest BCUT2D eigenvalue weighted by atomic mass is 79.9. The summed E-state index contributed by atoms with van der Waals surface area (Å²) in [6.07, 6.45) is -4.47. The van der Waals surface area contributed by atoms with Gasteiger partial charge in [0.2, 0.25) is 0 Å². The Morgan fingerprint density at radius 2 is 1.33 bits per heavy atom. The molecule has 1 atom stereocenters. The summed E-state index contributed by atoms with van der Waals surface area (Å²) in [5.41, 5.74) is -1.09. The Bertz CT molecular complexity index is 1120. The predicted molar refractivity (Wildman–Crippen MR) is 115 cm³/mol. The maximum Gasteiger partial charge on any atom is 0.460 e. The highest BCUT2D eigenvalue weighted by molar-refractivity contribution is 9.12. The second-order valence-electron chi connectivity index (χ2n) is 6.78. The molecule has 3 rings (SSSR count). The summed E-state index contributed by atoms with van der Waals surface area (Å²) in [5.74, 6) is -8.26. The molecule has 0 aromatic heterocycles. The van der Waals surface area contributed by atoms with Crippen LogP contribution >= 0.6 is 43.6 Å². The Morgan fingerprint density at radius 3 is 1.88 bits per heavy atom. The molecule has 177 valence electrons. The fourth-order valence-electron chi connectivity index (χ4n) is 3.09. The lowest BCUT2D eigenvalue weighted by molar-refractivity contribution is -0.330. The summed E-state index contributed by atoms with van der Waals surface area (Å²) in [5, 5.41) is -5.68. The minimum absolute atomic E-state index is 0.0451. The van der Waals surface area contributed by atoms with Crippen molar-refractivity contribution in [2.45, 2.75) is 21.7 Å². The third-order valence-corrected chi connectivity index (χ3v) is 7.15. The average molecular weight is 625 g/mol. The molecule has 12 heteroatoms. The van der Waals surface area contributed by atoms with E-state index in [9.17, 15) is 39.5 Å². The molecule has 0 fully saturated rings. The standard InChI is InChI=1S/C21H10Br2F9S/c22-11-9-16(33-21(31,32)19(26,27)20(28,29)30)17(12-5-1-3-7-14(12)24)18(23,10-11)13-6-2-4-8-15(13)25/h1-10H. The van der Waals surface area contributed by atoms with E-state index in [0.29, 0.717) is 0 Å². The third-order valence-electron chi connectivity index (χ3n) is 4.58. The van der Waals surface area contributed by atoms with Crippen LogP contribution in [0, 0.1) is 18.1 Å². The van der Waals surface area contributed by atoms with Crippen molar-refractivity contribution < 1.29 is 39.5 Å². The van der Waals surface area contributed by atoms with Crippen LogP contribution in [0.5, 0.6) is 0 Å². The zero-order valence-electron chi connectivity index (χ0n) is 15.8. The van der Waals surface area contributed by atoms with Crippen molar-refractivity contribution in [3.8, 4) is 0 Å². The van der Waals surface area contributed by atoms with Crippen molar-refractivity contribution in [2.24, 2.45) is 0 Å². The Kier molecular flexibility index (Phi) is 7.14. The largest absolute Gasteiger partial charge is 0.460 e. The normalized spacial score (nSPS) is 20.2. The molecule has 0 heterocycles. The Morgan fingerprint density at radius 1 is 0.788 bits per heavy atom. The van der Waals surface area contributed by atoms with Gasteiger partial charge in [-0.1, -0.05) is 68.3 Å². The zero-order valence-corrected chi connectivity index (χ0v) is 19.8. The molecule has 0 nitrogen and oxygen atoms in total. The molecule has 2 aromatic rings. The van der Waals surface area contributed by atoms with Crippen LogP contribution in [0.1, 0.15) is 11.1 Å². The number of hydrogen-bond donors (Lipinski definition) is 0. The summed E-state index contributed by atoms with van der Waals surface area (Å²) >= 11 is 5.12. The minimum Gasteiger partial charge on any atom is -0.207 e. The van der Waals surface area contributed by atoms with Crippen LogP contribution in [0.15, 0.2) is 64.0 Å². The molecule has 1 aliphatic rings. The number of benzene rings is 2. The van der Waals surface area contributed by atoms with Crippen molar-refractivity contribution in [2.75, 3.05) is 0 Å². The molecule has 33 heavy (non-hydrogen) atoms. The van der Waals surface area contributed by atoms with Gasteiger partial charge in [-0.15, -0.1) is 0 Å². The van der Waals surface area contributed by atoms with Crippen LogP contribution in [0.25, 0.3) is 5.57 Å². The number of alkyl halides is 8. The van der Waals surface area contributed by atoms with Gasteiger partial charge in [-0.3, -0.25) is 0 Å². The van der Waals surface area contributed by atoms with E-state index in [1.165, 1.54) is 36.8 Å². The molecular weight excluding hydrogens is 615 g/mol. The number of hydrogen-bond acceptors (Lipinski definition) is 1. The first-order chi connectivity index (χ1) is 15.1. The quantitative estimate of drug-likeness (QED) is 0.236. The second kappa shape index (κ2) is 8.99. The first kappa shape index (κ1) is 26.2. The molecule has 0 saturated carbocycles. The van der Waals surface area contributed by atoms with Gasteiger partial charge in [0.15, 0.2) is 0 Å². The van der Waals surface area contributed by atoms with Gasteiger partial charge in [0.1, 0.15) is 11.6 Å². The molecule has 1 radical (unpaired) electrons. The van der Waals surface area contributed by atoms with E-state index in [2.05, 4.69) is 31.9 Å². The van der Waals surface area contributed by atoms with Gasteiger partial charge in [0, 0.05) is 26.9 Å². The molecule has 0 bridgehead atoms. The monoisotopic (exact) mass is 623 g/mol. The molecule has 0 saturated heterocycles. The van der Waals surface area contributed by atoms with Gasteiger partial charge >= 0.3 is 17.4 Å². The predicted octanol–water partition coefficient (Wildman–Crippen LogP) is 8.99. The van der Waals surface area contributed by atoms with E-state index in [-0.39, 0.29) is 10.0 Å². The fraction of sp³-hybridized carbons (Fsp3) is 0.190. The third kappa shape index (κ3) is 4.75. The fourth-order valence-corrected chi connectivity index (χ4v) is 6.33. The number of rotatable bonds is 5. The van der Waals surface area contributed by atoms with E-state index in [1.807, 2.05) is 0 Å². The van der Waals surface area contributed by atoms with Crippen LogP contribution in [0.4, 0.5) is 39.5 Å². The van der Waals surface area contributed by atoms with Crippen molar-refractivity contribution >= 4 is 49.2 Å². The molecular formula is C21H10Br2F9S. The number of allylic oxidation sites excluding steroid dienone is 3. The van der Waals surface area contributed by atoms with Gasteiger partial charge in [0.05, 0.1) is 4.32 Å². The number of halogens is 11. The molecule has 0 N–H and O–H groups in total. The zero-order chi connectivity index (χ0) is 24.8. The SMILES string of the molecule is Fc1ccccc1C1=C(SC(F)(F)C(F)(F)C(F)(F)F)C=C(Br)[CH]C1(Br)c1ccccc1F. The van der Waals surface area contributed by atoms with Crippen LogP contribution < -0.4 is 0 Å². The first-order valence-corrected chi connectivity index (χ1v) is 11.2. The lowest BCUT2D eigenvalue weighted by Gasteiger charge is -2.37. The van der Waals surface area contributed by atoms with E-state index in [0.717, 1.165) is 24.3 Å². The lowest BCUT2D eigenvalue weighted by Crippen LogP contribution is -2.50. The van der Waals surface area contributed by atoms with Gasteiger partial charge in [-0.25, -0.2) is 8.78 Å². The summed E-state index contributed by atoms with van der Waals surface area (Å²) < 4.78 is 122. The first-order valence-electron chi connectivity index (χ1n) is 8.80. The van der Waals surface area contributed by atoms with E-state index in [1.54, 1.807) is 0 Å². The van der Waals surface area contributed by atoms with Crippen LogP contribution in [0.3, 0.4) is 0 Å². The van der Waals surface area contributed by atoms with Crippen molar-refractivity contribution in [1.82, 2.24) is 0 Å². The molecule has 0 aliphatic heterocycles.